The summed E-state index contributed by atoms with van der Waals surface area (Å²) in [4.78, 5) is 33.8. The van der Waals surface area contributed by atoms with E-state index in [2.05, 4.69) is 15.3 Å². The van der Waals surface area contributed by atoms with E-state index < -0.39 is 40.6 Å². The van der Waals surface area contributed by atoms with Crippen molar-refractivity contribution in [2.75, 3.05) is 12.4 Å². The van der Waals surface area contributed by atoms with Gasteiger partial charge in [0.2, 0.25) is 5.95 Å². The number of carbonyl (C=O) groups is 2. The fraction of sp³-hybridized carbons (Fsp3) is 0.111. The molecule has 47 heavy (non-hydrogen) atoms. The molecule has 11 heteroatoms. The van der Waals surface area contributed by atoms with Gasteiger partial charge >= 0.3 is 6.18 Å². The van der Waals surface area contributed by atoms with Crippen molar-refractivity contribution in [3.63, 3.8) is 0 Å². The molecule has 0 aliphatic heterocycles. The number of ketones is 1. The van der Waals surface area contributed by atoms with Gasteiger partial charge in [-0.05, 0) is 72.0 Å². The minimum atomic E-state index is -4.87. The van der Waals surface area contributed by atoms with Crippen LogP contribution in [0, 0.1) is 12.9 Å². The van der Waals surface area contributed by atoms with Gasteiger partial charge in [-0.2, -0.15) is 17.6 Å². The monoisotopic (exact) mass is 639 g/mol. The molecule has 2 heterocycles. The number of amides is 1. The minimum absolute atomic E-state index is 0.0739. The van der Waals surface area contributed by atoms with Crippen LogP contribution in [0.3, 0.4) is 0 Å². The predicted molar refractivity (Wildman–Crippen MR) is 169 cm³/mol. The first-order valence-corrected chi connectivity index (χ1v) is 14.3. The third-order valence-corrected chi connectivity index (χ3v) is 7.63. The lowest BCUT2D eigenvalue weighted by Crippen LogP contribution is -2.18. The summed E-state index contributed by atoms with van der Waals surface area (Å²) in [6, 6.07) is 21.3. The minimum Gasteiger partial charge on any atom is -0.496 e. The van der Waals surface area contributed by atoms with Crippen molar-refractivity contribution in [2.45, 2.75) is 19.5 Å². The van der Waals surface area contributed by atoms with Gasteiger partial charge in [0, 0.05) is 35.2 Å². The second-order valence-electron chi connectivity index (χ2n) is 10.7. The van der Waals surface area contributed by atoms with Crippen LogP contribution in [0.1, 0.15) is 37.4 Å². The first kappa shape index (κ1) is 31.2. The van der Waals surface area contributed by atoms with E-state index in [4.69, 9.17) is 9.47 Å². The van der Waals surface area contributed by atoms with Gasteiger partial charge in [-0.1, -0.05) is 36.4 Å². The maximum atomic E-state index is 14.1. The summed E-state index contributed by atoms with van der Waals surface area (Å²) >= 11 is 0. The van der Waals surface area contributed by atoms with Gasteiger partial charge in [-0.25, -0.2) is 4.98 Å². The molecule has 0 spiro atoms. The average Bonchev–Trinajstić information content (AvgIpc) is 3.04. The Labute approximate surface area is 265 Å². The number of carbonyl (C=O) groups excluding carboxylic acids is 2. The van der Waals surface area contributed by atoms with Gasteiger partial charge in [0.05, 0.1) is 29.4 Å². The smallest absolute Gasteiger partial charge is 0.418 e. The summed E-state index contributed by atoms with van der Waals surface area (Å²) in [5, 5.41) is 4.01. The molecule has 4 aromatic carbocycles. The van der Waals surface area contributed by atoms with E-state index in [1.807, 2.05) is 19.1 Å². The molecule has 0 aliphatic rings. The fourth-order valence-electron chi connectivity index (χ4n) is 5.36. The van der Waals surface area contributed by atoms with Gasteiger partial charge in [0.1, 0.15) is 17.2 Å². The normalized spacial score (nSPS) is 11.4. The Balaban J connectivity index is 1.30. The zero-order valence-electron chi connectivity index (χ0n) is 25.0. The quantitative estimate of drug-likeness (QED) is 0.102. The van der Waals surface area contributed by atoms with Crippen LogP contribution >= 0.6 is 0 Å². The van der Waals surface area contributed by atoms with Gasteiger partial charge in [0.15, 0.2) is 5.78 Å². The highest BCUT2D eigenvalue weighted by Crippen LogP contribution is 2.38. The molecule has 0 bridgehead atoms. The number of benzene rings is 4. The van der Waals surface area contributed by atoms with Crippen LogP contribution in [0.5, 0.6) is 17.2 Å². The van der Waals surface area contributed by atoms with E-state index in [9.17, 15) is 27.2 Å². The number of hydrogen-bond acceptors (Lipinski definition) is 6. The highest BCUT2D eigenvalue weighted by Gasteiger charge is 2.34. The standard InChI is InChI=1S/C36H25F4N3O4/c1-20-16-29-26(19-33(20)46-2)32(13-15-41-29)47-31-10-4-6-22-23(7-3-8-24(22)31)30(44)18-21-11-12-28(27(17-21)36(38,39)40)43-35(45)25-9-5-14-42-34(25)37/h3-17,19H,18H2,1-2H3,(H,43,45). The Morgan fingerprint density at radius 2 is 1.53 bits per heavy atom. The van der Waals surface area contributed by atoms with Crippen molar-refractivity contribution in [1.29, 1.82) is 0 Å². The number of nitrogens with zero attached hydrogens (tertiary/aromatic N) is 2. The van der Waals surface area contributed by atoms with E-state index in [-0.39, 0.29) is 12.0 Å². The highest BCUT2D eigenvalue weighted by atomic mass is 19.4. The number of nitrogens with one attached hydrogen (secondary N) is 1. The average molecular weight is 640 g/mol. The van der Waals surface area contributed by atoms with Gasteiger partial charge in [0.25, 0.3) is 5.91 Å². The Bertz CT molecular complexity index is 2180. The third kappa shape index (κ3) is 6.32. The summed E-state index contributed by atoms with van der Waals surface area (Å²) < 4.78 is 68.0. The van der Waals surface area contributed by atoms with Gasteiger partial charge in [-0.15, -0.1) is 0 Å². The summed E-state index contributed by atoms with van der Waals surface area (Å²) in [5.41, 5.74) is -0.265. The van der Waals surface area contributed by atoms with Crippen LogP contribution in [0.25, 0.3) is 21.7 Å². The largest absolute Gasteiger partial charge is 0.496 e. The maximum Gasteiger partial charge on any atom is 0.418 e. The number of aromatic nitrogens is 2. The van der Waals surface area contributed by atoms with Crippen LogP contribution in [-0.4, -0.2) is 28.8 Å². The lowest BCUT2D eigenvalue weighted by Gasteiger charge is -2.16. The number of halogens is 4. The summed E-state index contributed by atoms with van der Waals surface area (Å²) in [6.45, 7) is 1.92. The van der Waals surface area contributed by atoms with Gasteiger partial charge in [-0.3, -0.25) is 14.6 Å². The number of rotatable bonds is 8. The second kappa shape index (κ2) is 12.5. The van der Waals surface area contributed by atoms with Crippen LogP contribution < -0.4 is 14.8 Å². The first-order chi connectivity index (χ1) is 22.5. The number of aryl methyl sites for hydroxylation is 1. The molecule has 0 unspecified atom stereocenters. The third-order valence-electron chi connectivity index (χ3n) is 7.63. The molecule has 1 amide bonds. The molecule has 0 aliphatic carbocycles. The molecule has 0 fully saturated rings. The molecule has 6 aromatic rings. The van der Waals surface area contributed by atoms with Gasteiger partial charge < -0.3 is 14.8 Å². The van der Waals surface area contributed by atoms with Crippen molar-refractivity contribution >= 4 is 39.1 Å². The van der Waals surface area contributed by atoms with Crippen molar-refractivity contribution in [3.05, 3.63) is 131 Å². The van der Waals surface area contributed by atoms with Crippen LogP contribution in [-0.2, 0) is 12.6 Å². The number of pyridine rings is 2. The number of Topliss-reactive ketones (excluding diaryl/α,β-unsaturated/α-hetero) is 1. The van der Waals surface area contributed by atoms with Crippen LogP contribution in [0.15, 0.2) is 97.3 Å². The number of alkyl halides is 3. The summed E-state index contributed by atoms with van der Waals surface area (Å²) in [7, 11) is 1.58. The highest BCUT2D eigenvalue weighted by molar-refractivity contribution is 6.10. The molecule has 1 N–H and O–H groups in total. The van der Waals surface area contributed by atoms with Crippen molar-refractivity contribution in [1.82, 2.24) is 9.97 Å². The number of anilines is 1. The van der Waals surface area contributed by atoms with Crippen molar-refractivity contribution < 1.29 is 36.6 Å². The summed E-state index contributed by atoms with van der Waals surface area (Å²) in [6.07, 6.45) is -2.48. The molecule has 6 rings (SSSR count). The number of hydrogen-bond donors (Lipinski definition) is 1. The lowest BCUT2D eigenvalue weighted by molar-refractivity contribution is -0.137. The second-order valence-corrected chi connectivity index (χ2v) is 10.7. The van der Waals surface area contributed by atoms with E-state index in [1.54, 1.807) is 55.8 Å². The SMILES string of the molecule is COc1cc2c(Oc3cccc4c(C(=O)Cc5ccc(NC(=O)c6cccnc6F)c(C(F)(F)F)c5)cccc34)ccnc2cc1C. The van der Waals surface area contributed by atoms with Crippen molar-refractivity contribution in [2.24, 2.45) is 0 Å². The van der Waals surface area contributed by atoms with Crippen LogP contribution in [0.4, 0.5) is 23.2 Å². The van der Waals surface area contributed by atoms with E-state index in [0.29, 0.717) is 39.1 Å². The predicted octanol–water partition coefficient (Wildman–Crippen LogP) is 8.73. The number of methoxy groups -OCH3 is 1. The molecule has 0 saturated heterocycles. The van der Waals surface area contributed by atoms with Crippen LogP contribution in [0.2, 0.25) is 0 Å². The Kier molecular flexibility index (Phi) is 8.29. The van der Waals surface area contributed by atoms with E-state index in [0.717, 1.165) is 35.3 Å². The molecule has 2 aromatic heterocycles. The van der Waals surface area contributed by atoms with Crippen molar-refractivity contribution in [3.8, 4) is 17.2 Å². The fourth-order valence-corrected chi connectivity index (χ4v) is 5.36. The Morgan fingerprint density at radius 1 is 0.787 bits per heavy atom. The molecular formula is C36H25F4N3O4. The molecule has 0 atom stereocenters. The maximum absolute atomic E-state index is 14.1. The zero-order chi connectivity index (χ0) is 33.3. The zero-order valence-corrected chi connectivity index (χ0v) is 25.0. The molecule has 7 nitrogen and oxygen atoms in total. The summed E-state index contributed by atoms with van der Waals surface area (Å²) in [5.74, 6) is -0.969. The van der Waals surface area contributed by atoms with E-state index >= 15 is 0 Å². The Morgan fingerprint density at radius 3 is 2.30 bits per heavy atom. The molecular weight excluding hydrogens is 614 g/mol. The number of fused-ring (bicyclic) bond motifs is 2. The topological polar surface area (TPSA) is 90.4 Å². The molecule has 236 valence electrons. The lowest BCUT2D eigenvalue weighted by atomic mass is 9.96. The van der Waals surface area contributed by atoms with E-state index in [1.165, 1.54) is 12.1 Å². The Hall–Kier alpha value is -5.84. The molecule has 0 saturated carbocycles. The number of ether oxygens (including phenoxy) is 2. The molecule has 0 radical (unpaired) electrons. The first-order valence-electron chi connectivity index (χ1n) is 14.3.